The number of aliphatic carboxylic acids is 1. The van der Waals surface area contributed by atoms with Gasteiger partial charge in [-0.1, -0.05) is 18.5 Å². The summed E-state index contributed by atoms with van der Waals surface area (Å²) in [5.41, 5.74) is 2.37. The Morgan fingerprint density at radius 1 is 1.13 bits per heavy atom. The molecule has 2 atom stereocenters. The van der Waals surface area contributed by atoms with Crippen molar-refractivity contribution in [3.63, 3.8) is 0 Å². The first-order valence-electron chi connectivity index (χ1n) is 16.5. The molecule has 12 nitrogen and oxygen atoms in total. The first-order chi connectivity index (χ1) is 22.1. The molecule has 3 N–H and O–H groups in total. The molecule has 0 spiro atoms. The van der Waals surface area contributed by atoms with Crippen LogP contribution in [0.2, 0.25) is 5.02 Å². The zero-order valence-corrected chi connectivity index (χ0v) is 29.3. The number of hydrogen-bond acceptors (Lipinski definition) is 9. The third kappa shape index (κ3) is 9.62. The maximum Gasteiger partial charge on any atom is 0.410 e. The highest BCUT2D eigenvalue weighted by molar-refractivity contribution is 6.32. The average Bonchev–Trinajstić information content (AvgIpc) is 3.00. The summed E-state index contributed by atoms with van der Waals surface area (Å²) in [5.74, 6) is -0.885. The number of nitrogens with zero attached hydrogens (tertiary/aromatic N) is 4. The van der Waals surface area contributed by atoms with Gasteiger partial charge in [0.05, 0.1) is 29.8 Å². The van der Waals surface area contributed by atoms with Gasteiger partial charge in [0.25, 0.3) is 0 Å². The molecule has 0 unspecified atom stereocenters. The van der Waals surface area contributed by atoms with Crippen molar-refractivity contribution in [2.45, 2.75) is 91.8 Å². The van der Waals surface area contributed by atoms with Crippen LogP contribution in [-0.2, 0) is 14.3 Å². The first kappa shape index (κ1) is 36.0. The number of anilines is 3. The van der Waals surface area contributed by atoms with Crippen molar-refractivity contribution in [3.05, 3.63) is 34.5 Å². The molecule has 0 saturated carbocycles. The zero-order chi connectivity index (χ0) is 34.5. The number of rotatable bonds is 10. The number of hydrogen-bond donors (Lipinski definition) is 3. The Bertz CT molecular complexity index is 1440. The fourth-order valence-corrected chi connectivity index (χ4v) is 6.30. The molecule has 4 rings (SSSR count). The van der Waals surface area contributed by atoms with Crippen LogP contribution in [0.1, 0.15) is 84.3 Å². The highest BCUT2D eigenvalue weighted by Crippen LogP contribution is 2.39. The van der Waals surface area contributed by atoms with Gasteiger partial charge >= 0.3 is 12.1 Å². The van der Waals surface area contributed by atoms with Crippen LogP contribution in [0.3, 0.4) is 0 Å². The first-order valence-corrected chi connectivity index (χ1v) is 16.9. The molecule has 2 aliphatic heterocycles. The number of likely N-dealkylation sites (tertiary alicyclic amines) is 1. The number of ether oxygens (including phenoxy) is 2. The minimum Gasteiger partial charge on any atom is -0.489 e. The molecule has 1 aromatic heterocycles. The molecule has 3 heterocycles. The van der Waals surface area contributed by atoms with Crippen LogP contribution in [0.15, 0.2) is 18.3 Å². The normalized spacial score (nSPS) is 19.0. The molecule has 0 radical (unpaired) electrons. The van der Waals surface area contributed by atoms with Crippen molar-refractivity contribution in [1.82, 2.24) is 20.2 Å². The molecular weight excluding hydrogens is 624 g/mol. The van der Waals surface area contributed by atoms with Crippen molar-refractivity contribution >= 4 is 47.0 Å². The average molecular weight is 673 g/mol. The van der Waals surface area contributed by atoms with Crippen molar-refractivity contribution in [2.75, 3.05) is 42.9 Å². The summed E-state index contributed by atoms with van der Waals surface area (Å²) in [6, 6.07) is 4.07. The van der Waals surface area contributed by atoms with Gasteiger partial charge in [-0.25, -0.2) is 9.78 Å². The van der Waals surface area contributed by atoms with Gasteiger partial charge in [0, 0.05) is 32.7 Å². The molecule has 13 heteroatoms. The Balaban J connectivity index is 1.56. The number of carboxylic acid groups (broad SMARTS) is 1. The number of carbonyl (C=O) groups excluding carboxylic acids is 2. The highest BCUT2D eigenvalue weighted by Gasteiger charge is 2.36. The largest absolute Gasteiger partial charge is 0.489 e. The molecule has 0 aliphatic carbocycles. The second kappa shape index (κ2) is 15.4. The van der Waals surface area contributed by atoms with Crippen molar-refractivity contribution in [3.8, 4) is 5.75 Å². The Morgan fingerprint density at radius 2 is 1.81 bits per heavy atom. The third-order valence-corrected chi connectivity index (χ3v) is 8.58. The van der Waals surface area contributed by atoms with E-state index >= 15 is 0 Å². The highest BCUT2D eigenvalue weighted by atomic mass is 35.5. The summed E-state index contributed by atoms with van der Waals surface area (Å²) in [6.07, 6.45) is 3.75. The predicted octanol–water partition coefficient (Wildman–Crippen LogP) is 6.14. The van der Waals surface area contributed by atoms with Gasteiger partial charge in [-0.05, 0) is 96.4 Å². The van der Waals surface area contributed by atoms with E-state index in [1.54, 1.807) is 9.80 Å². The quantitative estimate of drug-likeness (QED) is 0.269. The van der Waals surface area contributed by atoms with Crippen molar-refractivity contribution in [1.29, 1.82) is 0 Å². The van der Waals surface area contributed by atoms with Gasteiger partial charge in [0.15, 0.2) is 5.82 Å². The number of carbonyl (C=O) groups is 3. The third-order valence-electron chi connectivity index (χ3n) is 8.31. The molecule has 1 aromatic carbocycles. The maximum atomic E-state index is 12.8. The number of halogens is 1. The van der Waals surface area contributed by atoms with Gasteiger partial charge in [-0.3, -0.25) is 9.59 Å². The molecule has 0 bridgehead atoms. The van der Waals surface area contributed by atoms with Crippen LogP contribution in [-0.4, -0.2) is 82.4 Å². The number of piperidine rings is 2. The number of aromatic nitrogens is 2. The van der Waals surface area contributed by atoms with E-state index in [9.17, 15) is 19.5 Å². The van der Waals surface area contributed by atoms with Gasteiger partial charge < -0.3 is 35.0 Å². The van der Waals surface area contributed by atoms with Crippen LogP contribution in [0, 0.1) is 18.8 Å². The van der Waals surface area contributed by atoms with Crippen LogP contribution in [0.5, 0.6) is 5.75 Å². The van der Waals surface area contributed by atoms with E-state index in [0.29, 0.717) is 36.9 Å². The Hall–Kier alpha value is -3.80. The number of nitrogens with one attached hydrogen (secondary N) is 2. The predicted molar refractivity (Wildman–Crippen MR) is 182 cm³/mol. The van der Waals surface area contributed by atoms with Crippen LogP contribution >= 0.6 is 11.6 Å². The number of amides is 2. The van der Waals surface area contributed by atoms with Gasteiger partial charge in [0.1, 0.15) is 16.4 Å². The Kier molecular flexibility index (Phi) is 11.8. The van der Waals surface area contributed by atoms with E-state index in [1.807, 2.05) is 47.6 Å². The molecule has 2 amide bonds. The lowest BCUT2D eigenvalue weighted by Crippen LogP contribution is -2.48. The number of benzene rings is 1. The van der Waals surface area contributed by atoms with E-state index in [-0.39, 0.29) is 54.5 Å². The van der Waals surface area contributed by atoms with Crippen LogP contribution in [0.4, 0.5) is 22.2 Å². The second-order valence-electron chi connectivity index (χ2n) is 13.8. The molecule has 258 valence electrons. The standard InChI is InChI=1S/C34H49ClN6O6/c1-8-11-36-30(42)23-15-24(31(43)44)19-41(18-23)29-26(35)17-37-32(39-29)38-27-14-21(4)25(16-28(27)46-20(2)3)22-9-12-40(13-10-22)33(45)47-34(5,6)7/h14,16-17,20,22-24H,8-13,15,18-19H2,1-7H3,(H,36,42)(H,43,44)(H,37,38,39)/t23-,24+/m1/s1. The minimum atomic E-state index is -0.965. The summed E-state index contributed by atoms with van der Waals surface area (Å²) in [6.45, 7) is 15.8. The Morgan fingerprint density at radius 3 is 2.43 bits per heavy atom. The van der Waals surface area contributed by atoms with Crippen LogP contribution in [0.25, 0.3) is 0 Å². The van der Waals surface area contributed by atoms with E-state index in [2.05, 4.69) is 28.6 Å². The van der Waals surface area contributed by atoms with E-state index in [1.165, 1.54) is 6.20 Å². The van der Waals surface area contributed by atoms with E-state index in [4.69, 9.17) is 26.1 Å². The zero-order valence-electron chi connectivity index (χ0n) is 28.6. The topological polar surface area (TPSA) is 146 Å². The van der Waals surface area contributed by atoms with E-state index in [0.717, 1.165) is 30.4 Å². The minimum absolute atomic E-state index is 0.0982. The smallest absolute Gasteiger partial charge is 0.410 e. The summed E-state index contributed by atoms with van der Waals surface area (Å²) < 4.78 is 11.8. The SMILES string of the molecule is CCCNC(=O)[C@@H]1C[C@H](C(=O)O)CN(c2nc(Nc3cc(C)c(C4CCN(C(=O)OC(C)(C)C)CC4)cc3OC(C)C)ncc2Cl)C1. The Labute approximate surface area is 282 Å². The summed E-state index contributed by atoms with van der Waals surface area (Å²) in [5, 5.41) is 16.3. The summed E-state index contributed by atoms with van der Waals surface area (Å²) in [4.78, 5) is 50.1. The molecule has 2 aromatic rings. The molecular formula is C34H49ClN6O6. The van der Waals surface area contributed by atoms with Crippen molar-refractivity contribution in [2.24, 2.45) is 11.8 Å². The fraction of sp³-hybridized carbons (Fsp3) is 0.618. The lowest BCUT2D eigenvalue weighted by atomic mass is 9.86. The molecule has 47 heavy (non-hydrogen) atoms. The van der Waals surface area contributed by atoms with Gasteiger partial charge in [-0.2, -0.15) is 4.98 Å². The lowest BCUT2D eigenvalue weighted by Gasteiger charge is -2.36. The summed E-state index contributed by atoms with van der Waals surface area (Å²) >= 11 is 6.56. The van der Waals surface area contributed by atoms with Gasteiger partial charge in [0.2, 0.25) is 11.9 Å². The second-order valence-corrected chi connectivity index (χ2v) is 14.2. The molecule has 2 fully saturated rings. The van der Waals surface area contributed by atoms with Crippen LogP contribution < -0.4 is 20.3 Å². The van der Waals surface area contributed by atoms with Gasteiger partial charge in [-0.15, -0.1) is 0 Å². The number of carboxylic acids is 1. The maximum absolute atomic E-state index is 12.8. The van der Waals surface area contributed by atoms with Crippen molar-refractivity contribution < 1.29 is 29.0 Å². The summed E-state index contributed by atoms with van der Waals surface area (Å²) in [7, 11) is 0. The number of aryl methyl sites for hydroxylation is 1. The lowest BCUT2D eigenvalue weighted by molar-refractivity contribution is -0.143. The molecule has 2 saturated heterocycles. The molecule has 2 aliphatic rings. The monoisotopic (exact) mass is 672 g/mol. The fourth-order valence-electron chi connectivity index (χ4n) is 6.09. The van der Waals surface area contributed by atoms with E-state index < -0.39 is 23.4 Å².